The van der Waals surface area contributed by atoms with Crippen molar-refractivity contribution in [1.82, 2.24) is 10.2 Å². The lowest BCUT2D eigenvalue weighted by Gasteiger charge is -2.33. The van der Waals surface area contributed by atoms with Gasteiger partial charge in [0.25, 0.3) is 5.91 Å². The summed E-state index contributed by atoms with van der Waals surface area (Å²) in [6.45, 7) is 5.08. The standard InChI is InChI=1S/C15H22N2O3/c18-15(14-2-1-8-20-14)16-13-3-6-17(7-4-13)10-12-5-9-19-11-12/h1-2,8,12-13H,3-7,9-11H2,(H,16,18). The molecule has 5 heteroatoms. The monoisotopic (exact) mass is 278 g/mol. The second kappa shape index (κ2) is 6.41. The van der Waals surface area contributed by atoms with Gasteiger partial charge in [0.05, 0.1) is 12.9 Å². The summed E-state index contributed by atoms with van der Waals surface area (Å²) in [5.41, 5.74) is 0. The number of amides is 1. The van der Waals surface area contributed by atoms with Crippen molar-refractivity contribution in [2.75, 3.05) is 32.8 Å². The normalized spacial score (nSPS) is 24.9. The first-order valence-corrected chi connectivity index (χ1v) is 7.46. The molecular formula is C15H22N2O3. The Morgan fingerprint density at radius 3 is 2.85 bits per heavy atom. The van der Waals surface area contributed by atoms with Crippen LogP contribution in [0.15, 0.2) is 22.8 Å². The zero-order valence-electron chi connectivity index (χ0n) is 11.7. The number of hydrogen-bond donors (Lipinski definition) is 1. The van der Waals surface area contributed by atoms with Gasteiger partial charge in [-0.1, -0.05) is 0 Å². The molecule has 0 radical (unpaired) electrons. The molecule has 0 bridgehead atoms. The van der Waals surface area contributed by atoms with Crippen molar-refractivity contribution in [2.45, 2.75) is 25.3 Å². The number of hydrogen-bond acceptors (Lipinski definition) is 4. The molecule has 2 fully saturated rings. The molecule has 3 heterocycles. The molecule has 2 aliphatic heterocycles. The largest absolute Gasteiger partial charge is 0.459 e. The van der Waals surface area contributed by atoms with E-state index in [9.17, 15) is 4.79 Å². The number of furan rings is 1. The minimum Gasteiger partial charge on any atom is -0.459 e. The maximum absolute atomic E-state index is 11.9. The van der Waals surface area contributed by atoms with E-state index in [1.54, 1.807) is 12.1 Å². The number of rotatable bonds is 4. The Bertz CT molecular complexity index is 418. The highest BCUT2D eigenvalue weighted by molar-refractivity contribution is 5.91. The summed E-state index contributed by atoms with van der Waals surface area (Å²) in [5, 5.41) is 3.05. The number of nitrogens with zero attached hydrogens (tertiary/aromatic N) is 1. The molecule has 1 unspecified atom stereocenters. The molecule has 1 amide bonds. The number of ether oxygens (including phenoxy) is 1. The number of carbonyl (C=O) groups is 1. The third kappa shape index (κ3) is 3.41. The van der Waals surface area contributed by atoms with Crippen molar-refractivity contribution in [2.24, 2.45) is 5.92 Å². The second-order valence-electron chi connectivity index (χ2n) is 5.76. The fourth-order valence-electron chi connectivity index (χ4n) is 3.02. The molecule has 0 aliphatic carbocycles. The zero-order valence-corrected chi connectivity index (χ0v) is 11.7. The summed E-state index contributed by atoms with van der Waals surface area (Å²) >= 11 is 0. The van der Waals surface area contributed by atoms with E-state index in [1.165, 1.54) is 12.7 Å². The van der Waals surface area contributed by atoms with Gasteiger partial charge in [-0.3, -0.25) is 4.79 Å². The highest BCUT2D eigenvalue weighted by Crippen LogP contribution is 2.18. The molecular weight excluding hydrogens is 256 g/mol. The molecule has 2 aliphatic rings. The van der Waals surface area contributed by atoms with Crippen LogP contribution in [-0.4, -0.2) is 49.7 Å². The first-order chi connectivity index (χ1) is 9.81. The summed E-state index contributed by atoms with van der Waals surface area (Å²) in [4.78, 5) is 14.4. The lowest BCUT2D eigenvalue weighted by Crippen LogP contribution is -2.45. The van der Waals surface area contributed by atoms with Gasteiger partial charge in [0.1, 0.15) is 0 Å². The van der Waals surface area contributed by atoms with Crippen LogP contribution in [0.4, 0.5) is 0 Å². The van der Waals surface area contributed by atoms with Gasteiger partial charge in [-0.15, -0.1) is 0 Å². The third-order valence-electron chi connectivity index (χ3n) is 4.21. The number of likely N-dealkylation sites (tertiary alicyclic amines) is 1. The maximum Gasteiger partial charge on any atom is 0.287 e. The molecule has 1 N–H and O–H groups in total. The van der Waals surface area contributed by atoms with Gasteiger partial charge in [-0.2, -0.15) is 0 Å². The molecule has 20 heavy (non-hydrogen) atoms. The average molecular weight is 278 g/mol. The molecule has 110 valence electrons. The van der Waals surface area contributed by atoms with E-state index >= 15 is 0 Å². The van der Waals surface area contributed by atoms with Gasteiger partial charge < -0.3 is 19.4 Å². The Morgan fingerprint density at radius 2 is 2.20 bits per heavy atom. The minimum atomic E-state index is -0.0994. The predicted molar refractivity (Wildman–Crippen MR) is 74.6 cm³/mol. The van der Waals surface area contributed by atoms with Crippen molar-refractivity contribution in [3.63, 3.8) is 0 Å². The highest BCUT2D eigenvalue weighted by Gasteiger charge is 2.25. The van der Waals surface area contributed by atoms with Crippen molar-refractivity contribution >= 4 is 5.91 Å². The fraction of sp³-hybridized carbons (Fsp3) is 0.667. The van der Waals surface area contributed by atoms with Gasteiger partial charge >= 0.3 is 0 Å². The van der Waals surface area contributed by atoms with E-state index < -0.39 is 0 Å². The SMILES string of the molecule is O=C(NC1CCN(CC2CCOC2)CC1)c1ccco1. The van der Waals surface area contributed by atoms with Crippen LogP contribution in [-0.2, 0) is 4.74 Å². The molecule has 0 aromatic carbocycles. The predicted octanol–water partition coefficient (Wildman–Crippen LogP) is 1.51. The summed E-state index contributed by atoms with van der Waals surface area (Å²) in [6, 6.07) is 3.70. The van der Waals surface area contributed by atoms with Crippen LogP contribution < -0.4 is 5.32 Å². The van der Waals surface area contributed by atoms with Crippen LogP contribution in [0.3, 0.4) is 0 Å². The van der Waals surface area contributed by atoms with Crippen LogP contribution >= 0.6 is 0 Å². The van der Waals surface area contributed by atoms with Crippen molar-refractivity contribution in [3.05, 3.63) is 24.2 Å². The van der Waals surface area contributed by atoms with Crippen LogP contribution in [0.5, 0.6) is 0 Å². The Morgan fingerprint density at radius 1 is 1.35 bits per heavy atom. The van der Waals surface area contributed by atoms with E-state index in [0.717, 1.165) is 45.7 Å². The van der Waals surface area contributed by atoms with Crippen LogP contribution in [0.2, 0.25) is 0 Å². The third-order valence-corrected chi connectivity index (χ3v) is 4.21. The first kappa shape index (κ1) is 13.6. The van der Waals surface area contributed by atoms with Gasteiger partial charge in [0.15, 0.2) is 5.76 Å². The maximum atomic E-state index is 11.9. The van der Waals surface area contributed by atoms with Crippen molar-refractivity contribution < 1.29 is 13.9 Å². The minimum absolute atomic E-state index is 0.0994. The lowest BCUT2D eigenvalue weighted by atomic mass is 10.0. The van der Waals surface area contributed by atoms with Gasteiger partial charge in [0, 0.05) is 32.3 Å². The van der Waals surface area contributed by atoms with Gasteiger partial charge in [0.2, 0.25) is 0 Å². The Kier molecular flexibility index (Phi) is 4.38. The molecule has 0 spiro atoms. The van der Waals surface area contributed by atoms with Crippen molar-refractivity contribution in [3.8, 4) is 0 Å². The summed E-state index contributed by atoms with van der Waals surface area (Å²) in [7, 11) is 0. The van der Waals surface area contributed by atoms with E-state index in [0.29, 0.717) is 11.7 Å². The molecule has 0 saturated carbocycles. The van der Waals surface area contributed by atoms with Crippen molar-refractivity contribution in [1.29, 1.82) is 0 Å². The molecule has 1 aromatic heterocycles. The smallest absolute Gasteiger partial charge is 0.287 e. The second-order valence-corrected chi connectivity index (χ2v) is 5.76. The molecule has 5 nitrogen and oxygen atoms in total. The molecule has 1 aromatic rings. The summed E-state index contributed by atoms with van der Waals surface area (Å²) in [5.74, 6) is 0.998. The first-order valence-electron chi connectivity index (χ1n) is 7.46. The fourth-order valence-corrected chi connectivity index (χ4v) is 3.02. The summed E-state index contributed by atoms with van der Waals surface area (Å²) in [6.07, 6.45) is 4.75. The average Bonchev–Trinajstić information content (AvgIpc) is 3.13. The molecule has 2 saturated heterocycles. The van der Waals surface area contributed by atoms with E-state index in [2.05, 4.69) is 10.2 Å². The van der Waals surface area contributed by atoms with E-state index in [-0.39, 0.29) is 11.9 Å². The Balaban J connectivity index is 1.40. The van der Waals surface area contributed by atoms with Crippen LogP contribution in [0, 0.1) is 5.92 Å². The highest BCUT2D eigenvalue weighted by atomic mass is 16.5. The number of nitrogens with one attached hydrogen (secondary N) is 1. The lowest BCUT2D eigenvalue weighted by molar-refractivity contribution is 0.0876. The van der Waals surface area contributed by atoms with Crippen LogP contribution in [0.25, 0.3) is 0 Å². The molecule has 3 rings (SSSR count). The van der Waals surface area contributed by atoms with Gasteiger partial charge in [-0.05, 0) is 37.3 Å². The van der Waals surface area contributed by atoms with Gasteiger partial charge in [-0.25, -0.2) is 0 Å². The van der Waals surface area contributed by atoms with Crippen LogP contribution in [0.1, 0.15) is 29.8 Å². The summed E-state index contributed by atoms with van der Waals surface area (Å²) < 4.78 is 10.5. The quantitative estimate of drug-likeness (QED) is 0.907. The molecule has 1 atom stereocenters. The topological polar surface area (TPSA) is 54.7 Å². The Hall–Kier alpha value is -1.33. The Labute approximate surface area is 119 Å². The van der Waals surface area contributed by atoms with E-state index in [1.807, 2.05) is 0 Å². The zero-order chi connectivity index (χ0) is 13.8. The van der Waals surface area contributed by atoms with E-state index in [4.69, 9.17) is 9.15 Å². The number of piperidine rings is 1. The number of carbonyl (C=O) groups excluding carboxylic acids is 1.